The number of carbonyl (C=O) groups is 1. The van der Waals surface area contributed by atoms with E-state index in [4.69, 9.17) is 5.11 Å². The molecular weight excluding hydrogens is 216 g/mol. The molecule has 4 heteroatoms. The highest BCUT2D eigenvalue weighted by atomic mass is 16.4. The highest BCUT2D eigenvalue weighted by Gasteiger charge is 2.20. The topological polar surface area (TPSA) is 53.4 Å². The van der Waals surface area contributed by atoms with Gasteiger partial charge in [-0.1, -0.05) is 0 Å². The SMILES string of the molecule is Cc1nc(N2CCCCC2C)ccc1C(=O)O. The molecule has 0 spiro atoms. The molecule has 0 saturated carbocycles. The van der Waals surface area contributed by atoms with Crippen molar-refractivity contribution in [3.63, 3.8) is 0 Å². The normalized spacial score (nSPS) is 20.4. The van der Waals surface area contributed by atoms with Crippen LogP contribution in [0.2, 0.25) is 0 Å². The molecule has 1 fully saturated rings. The summed E-state index contributed by atoms with van der Waals surface area (Å²) in [6.45, 7) is 4.96. The van der Waals surface area contributed by atoms with Gasteiger partial charge < -0.3 is 10.0 Å². The number of aromatic nitrogens is 1. The van der Waals surface area contributed by atoms with Gasteiger partial charge in [0, 0.05) is 12.6 Å². The summed E-state index contributed by atoms with van der Waals surface area (Å²) in [4.78, 5) is 17.6. The Labute approximate surface area is 101 Å². The van der Waals surface area contributed by atoms with Crippen LogP contribution in [0.25, 0.3) is 0 Å². The lowest BCUT2D eigenvalue weighted by Crippen LogP contribution is -2.38. The maximum Gasteiger partial charge on any atom is 0.337 e. The molecule has 1 N–H and O–H groups in total. The minimum absolute atomic E-state index is 0.290. The first-order chi connectivity index (χ1) is 8.09. The van der Waals surface area contributed by atoms with Crippen molar-refractivity contribution in [2.75, 3.05) is 11.4 Å². The van der Waals surface area contributed by atoms with E-state index in [9.17, 15) is 4.79 Å². The van der Waals surface area contributed by atoms with E-state index in [-0.39, 0.29) is 0 Å². The van der Waals surface area contributed by atoms with E-state index in [2.05, 4.69) is 16.8 Å². The lowest BCUT2D eigenvalue weighted by atomic mass is 10.0. The Hall–Kier alpha value is -1.58. The Morgan fingerprint density at radius 3 is 2.82 bits per heavy atom. The zero-order valence-electron chi connectivity index (χ0n) is 10.3. The number of piperidine rings is 1. The third-order valence-electron chi connectivity index (χ3n) is 3.40. The molecule has 0 amide bonds. The number of carboxylic acids is 1. The molecule has 0 aromatic carbocycles. The molecule has 1 saturated heterocycles. The first-order valence-corrected chi connectivity index (χ1v) is 6.07. The van der Waals surface area contributed by atoms with Crippen LogP contribution in [-0.2, 0) is 0 Å². The summed E-state index contributed by atoms with van der Waals surface area (Å²) in [5, 5.41) is 8.97. The smallest absolute Gasteiger partial charge is 0.337 e. The Morgan fingerprint density at radius 2 is 2.24 bits per heavy atom. The van der Waals surface area contributed by atoms with Crippen molar-refractivity contribution in [2.24, 2.45) is 0 Å². The molecule has 2 rings (SSSR count). The summed E-state index contributed by atoms with van der Waals surface area (Å²) in [5.74, 6) is -0.00653. The molecule has 0 bridgehead atoms. The molecule has 1 atom stereocenters. The third-order valence-corrected chi connectivity index (χ3v) is 3.40. The molecule has 17 heavy (non-hydrogen) atoms. The quantitative estimate of drug-likeness (QED) is 0.854. The lowest BCUT2D eigenvalue weighted by molar-refractivity contribution is 0.0695. The predicted molar refractivity (Wildman–Crippen MR) is 66.6 cm³/mol. The number of pyridine rings is 1. The van der Waals surface area contributed by atoms with Gasteiger partial charge in [-0.05, 0) is 45.2 Å². The summed E-state index contributed by atoms with van der Waals surface area (Å²) >= 11 is 0. The van der Waals surface area contributed by atoms with Crippen molar-refractivity contribution in [3.05, 3.63) is 23.4 Å². The van der Waals surface area contributed by atoms with Gasteiger partial charge in [-0.25, -0.2) is 9.78 Å². The summed E-state index contributed by atoms with van der Waals surface area (Å²) in [6.07, 6.45) is 3.64. The van der Waals surface area contributed by atoms with Crippen molar-refractivity contribution in [3.8, 4) is 0 Å². The lowest BCUT2D eigenvalue weighted by Gasteiger charge is -2.34. The minimum atomic E-state index is -0.909. The molecule has 1 aliphatic heterocycles. The van der Waals surface area contributed by atoms with Gasteiger partial charge >= 0.3 is 5.97 Å². The van der Waals surface area contributed by atoms with Gasteiger partial charge in [0.15, 0.2) is 0 Å². The van der Waals surface area contributed by atoms with E-state index in [0.29, 0.717) is 17.3 Å². The van der Waals surface area contributed by atoms with Gasteiger partial charge in [0.05, 0.1) is 11.3 Å². The molecule has 1 aromatic heterocycles. The number of carboxylic acid groups (broad SMARTS) is 1. The monoisotopic (exact) mass is 234 g/mol. The highest BCUT2D eigenvalue weighted by Crippen LogP contribution is 2.23. The fourth-order valence-corrected chi connectivity index (χ4v) is 2.37. The molecule has 0 radical (unpaired) electrons. The first kappa shape index (κ1) is 11.9. The van der Waals surface area contributed by atoms with Crippen molar-refractivity contribution >= 4 is 11.8 Å². The summed E-state index contributed by atoms with van der Waals surface area (Å²) in [6, 6.07) is 3.96. The first-order valence-electron chi connectivity index (χ1n) is 6.07. The van der Waals surface area contributed by atoms with E-state index in [1.54, 1.807) is 13.0 Å². The predicted octanol–water partition coefficient (Wildman–Crippen LogP) is 2.47. The second-order valence-corrected chi connectivity index (χ2v) is 4.65. The number of rotatable bonds is 2. The zero-order valence-corrected chi connectivity index (χ0v) is 10.3. The van der Waals surface area contributed by atoms with Crippen LogP contribution in [0.3, 0.4) is 0 Å². The average molecular weight is 234 g/mol. The van der Waals surface area contributed by atoms with E-state index in [1.165, 1.54) is 19.3 Å². The number of nitrogens with zero attached hydrogens (tertiary/aromatic N) is 2. The average Bonchev–Trinajstić information content (AvgIpc) is 2.29. The van der Waals surface area contributed by atoms with Crippen LogP contribution in [-0.4, -0.2) is 28.6 Å². The van der Waals surface area contributed by atoms with Crippen LogP contribution < -0.4 is 4.90 Å². The summed E-state index contributed by atoms with van der Waals surface area (Å²) < 4.78 is 0. The van der Waals surface area contributed by atoms with Gasteiger partial charge in [0.25, 0.3) is 0 Å². The van der Waals surface area contributed by atoms with Crippen LogP contribution >= 0.6 is 0 Å². The van der Waals surface area contributed by atoms with Gasteiger partial charge in [-0.2, -0.15) is 0 Å². The second kappa shape index (κ2) is 4.73. The molecule has 4 nitrogen and oxygen atoms in total. The molecule has 1 aliphatic rings. The number of anilines is 1. The second-order valence-electron chi connectivity index (χ2n) is 4.65. The van der Waals surface area contributed by atoms with Crippen molar-refractivity contribution in [1.29, 1.82) is 0 Å². The number of hydrogen-bond acceptors (Lipinski definition) is 3. The van der Waals surface area contributed by atoms with Crippen LogP contribution in [0.15, 0.2) is 12.1 Å². The molecule has 0 aliphatic carbocycles. The number of aryl methyl sites for hydroxylation is 1. The Kier molecular flexibility index (Phi) is 3.31. The van der Waals surface area contributed by atoms with Gasteiger partial charge in [-0.3, -0.25) is 0 Å². The molecule has 2 heterocycles. The summed E-state index contributed by atoms with van der Waals surface area (Å²) in [7, 11) is 0. The van der Waals surface area contributed by atoms with Crippen LogP contribution in [0.1, 0.15) is 42.2 Å². The Balaban J connectivity index is 2.27. The van der Waals surface area contributed by atoms with Crippen molar-refractivity contribution in [1.82, 2.24) is 4.98 Å². The van der Waals surface area contributed by atoms with Crippen molar-refractivity contribution in [2.45, 2.75) is 39.2 Å². The van der Waals surface area contributed by atoms with Gasteiger partial charge in [-0.15, -0.1) is 0 Å². The van der Waals surface area contributed by atoms with Crippen LogP contribution in [0, 0.1) is 6.92 Å². The van der Waals surface area contributed by atoms with Gasteiger partial charge in [0.1, 0.15) is 5.82 Å². The zero-order chi connectivity index (χ0) is 12.4. The van der Waals surface area contributed by atoms with Crippen molar-refractivity contribution < 1.29 is 9.90 Å². The van der Waals surface area contributed by atoms with Gasteiger partial charge in [0.2, 0.25) is 0 Å². The highest BCUT2D eigenvalue weighted by molar-refractivity contribution is 5.89. The van der Waals surface area contributed by atoms with E-state index in [0.717, 1.165) is 12.4 Å². The largest absolute Gasteiger partial charge is 0.478 e. The minimum Gasteiger partial charge on any atom is -0.478 e. The van der Waals surface area contributed by atoms with Crippen LogP contribution in [0.4, 0.5) is 5.82 Å². The van der Waals surface area contributed by atoms with E-state index in [1.807, 2.05) is 6.07 Å². The van der Waals surface area contributed by atoms with E-state index < -0.39 is 5.97 Å². The maximum absolute atomic E-state index is 10.9. The molecular formula is C13H18N2O2. The standard InChI is InChI=1S/C13H18N2O2/c1-9-5-3-4-8-15(9)12-7-6-11(13(16)17)10(2)14-12/h6-7,9H,3-5,8H2,1-2H3,(H,16,17). The Bertz CT molecular complexity index is 431. The fraction of sp³-hybridized carbons (Fsp3) is 0.538. The fourth-order valence-electron chi connectivity index (χ4n) is 2.37. The molecule has 1 aromatic rings. The van der Waals surface area contributed by atoms with Crippen LogP contribution in [0.5, 0.6) is 0 Å². The third kappa shape index (κ3) is 2.40. The molecule has 1 unspecified atom stereocenters. The Morgan fingerprint density at radius 1 is 1.47 bits per heavy atom. The maximum atomic E-state index is 10.9. The van der Waals surface area contributed by atoms with E-state index >= 15 is 0 Å². The number of aromatic carboxylic acids is 1. The number of hydrogen-bond donors (Lipinski definition) is 1. The summed E-state index contributed by atoms with van der Waals surface area (Å²) in [5.41, 5.74) is 0.881. The molecule has 92 valence electrons.